The highest BCUT2D eigenvalue weighted by molar-refractivity contribution is 5.78. The van der Waals surface area contributed by atoms with Crippen LogP contribution in [-0.4, -0.2) is 42.6 Å². The van der Waals surface area contributed by atoms with Gasteiger partial charge in [-0.2, -0.15) is 0 Å². The number of hydrogen-bond donors (Lipinski definition) is 0. The van der Waals surface area contributed by atoms with Crippen molar-refractivity contribution >= 4 is 11.9 Å². The summed E-state index contributed by atoms with van der Waals surface area (Å²) in [6.07, 6.45) is 6.61. The molecular formula is C27H46O6. The summed E-state index contributed by atoms with van der Waals surface area (Å²) in [6, 6.07) is 0. The van der Waals surface area contributed by atoms with Crippen LogP contribution >= 0.6 is 0 Å². The summed E-state index contributed by atoms with van der Waals surface area (Å²) in [4.78, 5) is 26.5. The molecule has 0 radical (unpaired) electrons. The van der Waals surface area contributed by atoms with E-state index in [4.69, 9.17) is 18.9 Å². The molecule has 190 valence electrons. The van der Waals surface area contributed by atoms with E-state index < -0.39 is 29.8 Å². The van der Waals surface area contributed by atoms with Crippen molar-refractivity contribution in [2.45, 2.75) is 131 Å². The maximum atomic E-state index is 13.4. The molecule has 3 fully saturated rings. The average Bonchev–Trinajstić information content (AvgIpc) is 2.93. The lowest BCUT2D eigenvalue weighted by atomic mass is 9.73. The van der Waals surface area contributed by atoms with Crippen molar-refractivity contribution in [3.05, 3.63) is 0 Å². The average molecular weight is 467 g/mol. The van der Waals surface area contributed by atoms with Crippen LogP contribution in [0.3, 0.4) is 0 Å². The Morgan fingerprint density at radius 3 is 2.30 bits per heavy atom. The summed E-state index contributed by atoms with van der Waals surface area (Å²) in [6.45, 7) is 14.2. The first-order valence-electron chi connectivity index (χ1n) is 13.2. The quantitative estimate of drug-likeness (QED) is 0.323. The molecule has 2 saturated carbocycles. The number of fused-ring (bicyclic) bond motifs is 2. The molecule has 0 N–H and O–H groups in total. The molecule has 0 aromatic rings. The second kappa shape index (κ2) is 11.1. The first-order chi connectivity index (χ1) is 15.5. The van der Waals surface area contributed by atoms with Gasteiger partial charge in [-0.3, -0.25) is 9.59 Å². The van der Waals surface area contributed by atoms with E-state index in [2.05, 4.69) is 27.7 Å². The van der Waals surface area contributed by atoms with Crippen LogP contribution in [0.25, 0.3) is 0 Å². The number of esters is 2. The predicted molar refractivity (Wildman–Crippen MR) is 126 cm³/mol. The van der Waals surface area contributed by atoms with Gasteiger partial charge in [0.2, 0.25) is 0 Å². The number of rotatable bonds is 9. The van der Waals surface area contributed by atoms with Crippen LogP contribution in [0.2, 0.25) is 0 Å². The zero-order valence-electron chi connectivity index (χ0n) is 21.8. The largest absolute Gasteiger partial charge is 0.459 e. The second-order valence-corrected chi connectivity index (χ2v) is 11.7. The van der Waals surface area contributed by atoms with Crippen molar-refractivity contribution in [2.24, 2.45) is 29.1 Å². The number of hydrogen-bond acceptors (Lipinski definition) is 6. The van der Waals surface area contributed by atoms with Gasteiger partial charge in [0.1, 0.15) is 12.2 Å². The third kappa shape index (κ3) is 6.30. The van der Waals surface area contributed by atoms with Gasteiger partial charge < -0.3 is 18.9 Å². The molecule has 1 heterocycles. The van der Waals surface area contributed by atoms with E-state index in [1.807, 2.05) is 13.8 Å². The highest BCUT2D eigenvalue weighted by Gasteiger charge is 2.55. The van der Waals surface area contributed by atoms with Crippen LogP contribution in [0.1, 0.15) is 99.8 Å². The van der Waals surface area contributed by atoms with Gasteiger partial charge in [-0.15, -0.1) is 0 Å². The smallest absolute Gasteiger partial charge is 0.314 e. The summed E-state index contributed by atoms with van der Waals surface area (Å²) in [7, 11) is 0. The minimum atomic E-state index is -0.574. The van der Waals surface area contributed by atoms with E-state index in [0.29, 0.717) is 12.3 Å². The van der Waals surface area contributed by atoms with E-state index in [1.165, 1.54) is 19.3 Å². The van der Waals surface area contributed by atoms with Crippen molar-refractivity contribution < 1.29 is 28.5 Å². The van der Waals surface area contributed by atoms with Crippen LogP contribution < -0.4 is 0 Å². The molecule has 2 bridgehead atoms. The molecule has 0 aromatic carbocycles. The molecule has 6 nitrogen and oxygen atoms in total. The van der Waals surface area contributed by atoms with Gasteiger partial charge in [-0.25, -0.2) is 0 Å². The van der Waals surface area contributed by atoms with Crippen LogP contribution in [0.15, 0.2) is 0 Å². The molecule has 1 saturated heterocycles. The monoisotopic (exact) mass is 466 g/mol. The lowest BCUT2D eigenvalue weighted by molar-refractivity contribution is -0.203. The first-order valence-corrected chi connectivity index (χ1v) is 13.2. The van der Waals surface area contributed by atoms with E-state index in [1.54, 1.807) is 6.92 Å². The van der Waals surface area contributed by atoms with Crippen LogP contribution in [0.4, 0.5) is 0 Å². The SMILES string of the molecule is CC(C)CC(C)(C(=O)OC1C2CC(C)OC1C(C(=O)OC(C)OC1CCCCC1)C2)C(C)C. The Balaban J connectivity index is 1.65. The van der Waals surface area contributed by atoms with E-state index >= 15 is 0 Å². The Morgan fingerprint density at radius 2 is 1.70 bits per heavy atom. The maximum absolute atomic E-state index is 13.4. The maximum Gasteiger partial charge on any atom is 0.314 e. The summed E-state index contributed by atoms with van der Waals surface area (Å²) in [5, 5.41) is 0. The molecule has 7 atom stereocenters. The normalized spacial score (nSPS) is 33.1. The van der Waals surface area contributed by atoms with Gasteiger partial charge in [0, 0.05) is 5.92 Å². The molecule has 2 aliphatic carbocycles. The summed E-state index contributed by atoms with van der Waals surface area (Å²) in [5.41, 5.74) is -0.560. The molecule has 7 unspecified atom stereocenters. The van der Waals surface area contributed by atoms with E-state index in [9.17, 15) is 9.59 Å². The van der Waals surface area contributed by atoms with Crippen molar-refractivity contribution in [3.8, 4) is 0 Å². The van der Waals surface area contributed by atoms with Crippen LogP contribution in [0, 0.1) is 29.1 Å². The fourth-order valence-electron chi connectivity index (χ4n) is 6.05. The first kappa shape index (κ1) is 26.5. The highest BCUT2D eigenvalue weighted by atomic mass is 16.7. The third-order valence-electron chi connectivity index (χ3n) is 8.10. The summed E-state index contributed by atoms with van der Waals surface area (Å²) < 4.78 is 24.0. The van der Waals surface area contributed by atoms with Gasteiger partial charge in [-0.05, 0) is 64.7 Å². The molecule has 0 amide bonds. The molecule has 0 aromatic heterocycles. The molecule has 33 heavy (non-hydrogen) atoms. The topological polar surface area (TPSA) is 71.1 Å². The molecule has 3 aliphatic rings. The summed E-state index contributed by atoms with van der Waals surface area (Å²) in [5.74, 6) is -0.234. The van der Waals surface area contributed by atoms with Gasteiger partial charge in [0.15, 0.2) is 6.29 Å². The zero-order chi connectivity index (χ0) is 24.3. The van der Waals surface area contributed by atoms with Crippen molar-refractivity contribution in [1.82, 2.24) is 0 Å². The Morgan fingerprint density at radius 1 is 1.03 bits per heavy atom. The van der Waals surface area contributed by atoms with Crippen molar-refractivity contribution in [2.75, 3.05) is 0 Å². The Bertz CT molecular complexity index is 670. The predicted octanol–water partition coefficient (Wildman–Crippen LogP) is 5.66. The summed E-state index contributed by atoms with van der Waals surface area (Å²) >= 11 is 0. The van der Waals surface area contributed by atoms with E-state index in [0.717, 1.165) is 25.7 Å². The van der Waals surface area contributed by atoms with Crippen molar-refractivity contribution in [1.29, 1.82) is 0 Å². The number of ether oxygens (including phenoxy) is 4. The minimum absolute atomic E-state index is 0.0378. The van der Waals surface area contributed by atoms with Crippen molar-refractivity contribution in [3.63, 3.8) is 0 Å². The molecule has 6 heteroatoms. The van der Waals surface area contributed by atoms with Gasteiger partial charge in [0.25, 0.3) is 0 Å². The van der Waals surface area contributed by atoms with Gasteiger partial charge in [0.05, 0.1) is 23.5 Å². The lowest BCUT2D eigenvalue weighted by Gasteiger charge is -2.39. The van der Waals surface area contributed by atoms with Gasteiger partial charge >= 0.3 is 11.9 Å². The van der Waals surface area contributed by atoms with Gasteiger partial charge in [-0.1, -0.05) is 47.0 Å². The second-order valence-electron chi connectivity index (χ2n) is 11.7. The molecule has 3 rings (SSSR count). The van der Waals surface area contributed by atoms with E-state index in [-0.39, 0.29) is 36.0 Å². The number of carbonyl (C=O) groups excluding carboxylic acids is 2. The minimum Gasteiger partial charge on any atom is -0.459 e. The van der Waals surface area contributed by atoms with Crippen LogP contribution in [-0.2, 0) is 28.5 Å². The standard InChI is InChI=1S/C27H46O6/c1-16(2)15-27(7,17(3)4)26(29)33-23-20-13-18(5)30-24(23)22(14-20)25(28)32-19(6)31-21-11-9-8-10-12-21/h16-24H,8-15H2,1-7H3. The number of carbonyl (C=O) groups is 2. The Labute approximate surface area is 200 Å². The van der Waals surface area contributed by atoms with Crippen LogP contribution in [0.5, 0.6) is 0 Å². The molecule has 0 spiro atoms. The molecule has 1 aliphatic heterocycles. The fourth-order valence-corrected chi connectivity index (χ4v) is 6.05. The zero-order valence-corrected chi connectivity index (χ0v) is 21.8. The Hall–Kier alpha value is -1.14. The molecular weight excluding hydrogens is 420 g/mol. The Kier molecular flexibility index (Phi) is 8.88. The third-order valence-corrected chi connectivity index (χ3v) is 8.10. The lowest BCUT2D eigenvalue weighted by Crippen LogP contribution is -2.47. The fraction of sp³-hybridized carbons (Fsp3) is 0.926. The highest BCUT2D eigenvalue weighted by Crippen LogP contribution is 2.46.